The Balaban J connectivity index is 1.48. The maximum absolute atomic E-state index is 5.48. The first kappa shape index (κ1) is 16.3. The van der Waals surface area contributed by atoms with Crippen LogP contribution in [0.4, 0.5) is 0 Å². The third kappa shape index (κ3) is 2.84. The molecule has 1 aliphatic rings. The van der Waals surface area contributed by atoms with Gasteiger partial charge in [-0.2, -0.15) is 5.10 Å². The number of para-hydroxylation sites is 1. The van der Waals surface area contributed by atoms with Gasteiger partial charge in [0.05, 0.1) is 23.7 Å². The minimum Gasteiger partial charge on any atom is -0.496 e. The molecular formula is C20H19N5OS. The molecule has 136 valence electrons. The van der Waals surface area contributed by atoms with Crippen LogP contribution in [0.5, 0.6) is 5.75 Å². The monoisotopic (exact) mass is 377 g/mol. The van der Waals surface area contributed by atoms with E-state index in [1.165, 1.54) is 11.3 Å². The highest BCUT2D eigenvalue weighted by atomic mass is 32.1. The van der Waals surface area contributed by atoms with Crippen LogP contribution in [0.1, 0.15) is 23.7 Å². The Labute approximate surface area is 160 Å². The van der Waals surface area contributed by atoms with Crippen molar-refractivity contribution in [2.45, 2.75) is 25.3 Å². The van der Waals surface area contributed by atoms with Crippen LogP contribution in [0.3, 0.4) is 0 Å². The normalized spacial score (nSPS) is 16.3. The molecule has 5 rings (SSSR count). The van der Waals surface area contributed by atoms with Crippen molar-refractivity contribution >= 4 is 11.3 Å². The molecule has 0 radical (unpaired) electrons. The third-order valence-corrected chi connectivity index (χ3v) is 6.14. The molecule has 0 bridgehead atoms. The fourth-order valence-electron chi connectivity index (χ4n) is 3.76. The van der Waals surface area contributed by atoms with E-state index in [2.05, 4.69) is 30.9 Å². The standard InChI is InChI=1S/C20H19N5OS/c1-26-17-5-3-2-4-15(17)20-22-12-18(27-20)19-21-8-9-25(19)14-6-7-16-13(10-14)11-23-24-16/h2-5,8-9,11-12,14H,6-7,10H2,1H3,(H,23,24). The minimum atomic E-state index is 0.393. The van der Waals surface area contributed by atoms with Crippen molar-refractivity contribution in [2.24, 2.45) is 0 Å². The molecule has 7 heteroatoms. The summed E-state index contributed by atoms with van der Waals surface area (Å²) in [4.78, 5) is 10.3. The first-order chi connectivity index (χ1) is 13.3. The molecule has 0 saturated heterocycles. The fourth-order valence-corrected chi connectivity index (χ4v) is 4.70. The smallest absolute Gasteiger partial charge is 0.151 e. The molecule has 0 amide bonds. The van der Waals surface area contributed by atoms with E-state index in [0.29, 0.717) is 6.04 Å². The summed E-state index contributed by atoms with van der Waals surface area (Å²) in [6.07, 6.45) is 10.9. The molecule has 1 unspecified atom stereocenters. The predicted molar refractivity (Wildman–Crippen MR) is 105 cm³/mol. The van der Waals surface area contributed by atoms with Crippen LogP contribution in [-0.2, 0) is 12.8 Å². The van der Waals surface area contributed by atoms with Crippen LogP contribution < -0.4 is 4.74 Å². The zero-order valence-corrected chi connectivity index (χ0v) is 15.7. The molecule has 1 N–H and O–H groups in total. The van der Waals surface area contributed by atoms with Gasteiger partial charge >= 0.3 is 0 Å². The third-order valence-electron chi connectivity index (χ3n) is 5.12. The molecule has 27 heavy (non-hydrogen) atoms. The van der Waals surface area contributed by atoms with Gasteiger partial charge in [0, 0.05) is 30.3 Å². The summed E-state index contributed by atoms with van der Waals surface area (Å²) >= 11 is 1.65. The van der Waals surface area contributed by atoms with Gasteiger partial charge in [-0.05, 0) is 37.0 Å². The fraction of sp³-hybridized carbons (Fsp3) is 0.250. The first-order valence-corrected chi connectivity index (χ1v) is 9.78. The summed E-state index contributed by atoms with van der Waals surface area (Å²) in [5.74, 6) is 1.81. The number of thiazole rings is 1. The molecule has 0 saturated carbocycles. The number of aryl methyl sites for hydroxylation is 1. The SMILES string of the molecule is COc1ccccc1-c1ncc(-c2nccn2C2CCc3[nH]ncc3C2)s1. The van der Waals surface area contributed by atoms with E-state index in [0.717, 1.165) is 46.3 Å². The lowest BCUT2D eigenvalue weighted by Gasteiger charge is -2.24. The second-order valence-corrected chi connectivity index (χ2v) is 7.69. The number of fused-ring (bicyclic) bond motifs is 1. The minimum absolute atomic E-state index is 0.393. The van der Waals surface area contributed by atoms with Crippen molar-refractivity contribution in [1.82, 2.24) is 24.7 Å². The van der Waals surface area contributed by atoms with Crippen LogP contribution >= 0.6 is 11.3 Å². The molecule has 3 aromatic heterocycles. The lowest BCUT2D eigenvalue weighted by molar-refractivity contribution is 0.416. The number of H-pyrrole nitrogens is 1. The van der Waals surface area contributed by atoms with Crippen LogP contribution in [0.15, 0.2) is 49.1 Å². The van der Waals surface area contributed by atoms with Gasteiger partial charge in [0.1, 0.15) is 10.8 Å². The molecule has 3 heterocycles. The zero-order chi connectivity index (χ0) is 18.2. The van der Waals surface area contributed by atoms with Gasteiger partial charge in [0.15, 0.2) is 5.82 Å². The Kier molecular flexibility index (Phi) is 4.01. The van der Waals surface area contributed by atoms with Gasteiger partial charge in [0.25, 0.3) is 0 Å². The van der Waals surface area contributed by atoms with Crippen molar-refractivity contribution in [1.29, 1.82) is 0 Å². The van der Waals surface area contributed by atoms with Crippen molar-refractivity contribution in [3.05, 3.63) is 60.3 Å². The number of benzene rings is 1. The number of hydrogen-bond donors (Lipinski definition) is 1. The number of imidazole rings is 1. The molecule has 6 nitrogen and oxygen atoms in total. The topological polar surface area (TPSA) is 68.6 Å². The van der Waals surface area contributed by atoms with Crippen LogP contribution in [-0.4, -0.2) is 31.8 Å². The summed E-state index contributed by atoms with van der Waals surface area (Å²) in [5, 5.41) is 8.23. The Morgan fingerprint density at radius 2 is 2.15 bits per heavy atom. The molecule has 0 spiro atoms. The lowest BCUT2D eigenvalue weighted by atomic mass is 9.93. The van der Waals surface area contributed by atoms with E-state index < -0.39 is 0 Å². The van der Waals surface area contributed by atoms with E-state index in [9.17, 15) is 0 Å². The average molecular weight is 377 g/mol. The second kappa shape index (κ2) is 6.66. The Morgan fingerprint density at radius 3 is 3.07 bits per heavy atom. The Hall–Kier alpha value is -2.93. The number of nitrogens with zero attached hydrogens (tertiary/aromatic N) is 4. The van der Waals surface area contributed by atoms with Crippen molar-refractivity contribution < 1.29 is 4.74 Å². The second-order valence-electron chi connectivity index (χ2n) is 6.66. The largest absolute Gasteiger partial charge is 0.496 e. The number of aromatic nitrogens is 5. The molecule has 4 aromatic rings. The van der Waals surface area contributed by atoms with Crippen molar-refractivity contribution in [3.8, 4) is 27.0 Å². The molecular weight excluding hydrogens is 358 g/mol. The predicted octanol–water partition coefficient (Wildman–Crippen LogP) is 4.14. The summed E-state index contributed by atoms with van der Waals surface area (Å²) in [5.41, 5.74) is 3.59. The van der Waals surface area contributed by atoms with Crippen LogP contribution in [0, 0.1) is 0 Å². The van der Waals surface area contributed by atoms with Gasteiger partial charge in [0.2, 0.25) is 0 Å². The molecule has 0 aliphatic heterocycles. The van der Waals surface area contributed by atoms with Crippen molar-refractivity contribution in [2.75, 3.05) is 7.11 Å². The van der Waals surface area contributed by atoms with E-state index in [-0.39, 0.29) is 0 Å². The molecule has 1 aromatic carbocycles. The van der Waals surface area contributed by atoms with Crippen molar-refractivity contribution in [3.63, 3.8) is 0 Å². The Bertz CT molecular complexity index is 1080. The zero-order valence-electron chi connectivity index (χ0n) is 14.9. The van der Waals surface area contributed by atoms with E-state index in [4.69, 9.17) is 4.74 Å². The highest BCUT2D eigenvalue weighted by Crippen LogP contribution is 2.37. The van der Waals surface area contributed by atoms with Gasteiger partial charge in [-0.1, -0.05) is 12.1 Å². The number of rotatable bonds is 4. The molecule has 1 aliphatic carbocycles. The average Bonchev–Trinajstić information content (AvgIpc) is 3.46. The van der Waals surface area contributed by atoms with E-state index >= 15 is 0 Å². The van der Waals surface area contributed by atoms with Gasteiger partial charge in [-0.3, -0.25) is 5.10 Å². The van der Waals surface area contributed by atoms with E-state index in [1.807, 2.05) is 42.9 Å². The highest BCUT2D eigenvalue weighted by molar-refractivity contribution is 7.18. The highest BCUT2D eigenvalue weighted by Gasteiger charge is 2.24. The number of hydrogen-bond acceptors (Lipinski definition) is 5. The number of aromatic amines is 1. The maximum atomic E-state index is 5.48. The maximum Gasteiger partial charge on any atom is 0.151 e. The summed E-state index contributed by atoms with van der Waals surface area (Å²) in [6.45, 7) is 0. The number of methoxy groups -OCH3 is 1. The van der Waals surface area contributed by atoms with Gasteiger partial charge in [-0.25, -0.2) is 9.97 Å². The first-order valence-electron chi connectivity index (χ1n) is 8.97. The quantitative estimate of drug-likeness (QED) is 0.580. The number of ether oxygens (including phenoxy) is 1. The lowest BCUT2D eigenvalue weighted by Crippen LogP contribution is -2.18. The van der Waals surface area contributed by atoms with Gasteiger partial charge in [-0.15, -0.1) is 11.3 Å². The van der Waals surface area contributed by atoms with Crippen LogP contribution in [0.2, 0.25) is 0 Å². The van der Waals surface area contributed by atoms with E-state index in [1.54, 1.807) is 18.4 Å². The Morgan fingerprint density at radius 1 is 1.22 bits per heavy atom. The summed E-state index contributed by atoms with van der Waals surface area (Å²) < 4.78 is 7.77. The summed E-state index contributed by atoms with van der Waals surface area (Å²) in [7, 11) is 1.69. The molecule has 0 fully saturated rings. The van der Waals surface area contributed by atoms with Gasteiger partial charge < -0.3 is 9.30 Å². The number of nitrogens with one attached hydrogen (secondary N) is 1. The summed E-state index contributed by atoms with van der Waals surface area (Å²) in [6, 6.07) is 8.36. The van der Waals surface area contributed by atoms with Crippen LogP contribution in [0.25, 0.3) is 21.3 Å². The molecule has 1 atom stereocenters.